The van der Waals surface area contributed by atoms with Crippen molar-refractivity contribution in [3.8, 4) is 0 Å². The number of anilines is 1. The topological polar surface area (TPSA) is 74.7 Å². The van der Waals surface area contributed by atoms with E-state index in [1.54, 1.807) is 38.1 Å². The predicted octanol–water partition coefficient (Wildman–Crippen LogP) is 1.91. The largest absolute Gasteiger partial charge is 0.481 e. The zero-order valence-electron chi connectivity index (χ0n) is 11.3. The number of carboxylic acid groups (broad SMARTS) is 1. The van der Waals surface area contributed by atoms with Crippen LogP contribution in [0.25, 0.3) is 0 Å². The van der Waals surface area contributed by atoms with Gasteiger partial charge >= 0.3 is 5.97 Å². The smallest absolute Gasteiger partial charge is 0.303 e. The molecule has 2 amide bonds. The molecule has 0 fully saturated rings. The van der Waals surface area contributed by atoms with Gasteiger partial charge in [0, 0.05) is 17.6 Å². The van der Waals surface area contributed by atoms with Crippen molar-refractivity contribution in [2.24, 2.45) is 0 Å². The van der Waals surface area contributed by atoms with Crippen molar-refractivity contribution in [3.63, 3.8) is 0 Å². The highest BCUT2D eigenvalue weighted by atomic mass is 16.4. The van der Waals surface area contributed by atoms with Crippen LogP contribution in [0.4, 0.5) is 5.69 Å². The Morgan fingerprint density at radius 3 is 2.20 bits per heavy atom. The van der Waals surface area contributed by atoms with Gasteiger partial charge in [-0.15, -0.1) is 0 Å². The molecule has 0 atom stereocenters. The number of nitrogens with zero attached hydrogens (tertiary/aromatic N) is 1. The molecule has 2 rings (SSSR count). The van der Waals surface area contributed by atoms with E-state index in [1.165, 1.54) is 0 Å². The van der Waals surface area contributed by atoms with E-state index < -0.39 is 5.97 Å². The van der Waals surface area contributed by atoms with E-state index in [4.69, 9.17) is 5.11 Å². The van der Waals surface area contributed by atoms with Gasteiger partial charge in [0.25, 0.3) is 11.8 Å². The van der Waals surface area contributed by atoms with E-state index in [2.05, 4.69) is 0 Å². The Kier molecular flexibility index (Phi) is 3.70. The number of rotatable bonds is 4. The molecular weight excluding hydrogens is 258 g/mol. The maximum absolute atomic E-state index is 12.1. The van der Waals surface area contributed by atoms with Crippen molar-refractivity contribution in [2.75, 3.05) is 4.90 Å². The number of hydrogen-bond donors (Lipinski definition) is 1. The molecule has 0 saturated carbocycles. The Bertz CT molecular complexity index is 607. The molecule has 0 unspecified atom stereocenters. The van der Waals surface area contributed by atoms with Crippen LogP contribution >= 0.6 is 0 Å². The van der Waals surface area contributed by atoms with Crippen LogP contribution in [0.2, 0.25) is 0 Å². The average Bonchev–Trinajstić information content (AvgIpc) is 2.61. The number of carbonyl (C=O) groups excluding carboxylic acids is 2. The molecule has 0 saturated heterocycles. The highest BCUT2D eigenvalue weighted by Crippen LogP contribution is 2.29. The fraction of sp³-hybridized carbons (Fsp3) is 0.267. The fourth-order valence-electron chi connectivity index (χ4n) is 2.15. The Morgan fingerprint density at radius 1 is 1.10 bits per heavy atom. The quantitative estimate of drug-likeness (QED) is 0.850. The normalized spacial score (nSPS) is 15.2. The number of amides is 2. The molecule has 0 aliphatic carbocycles. The third kappa shape index (κ3) is 2.34. The molecule has 20 heavy (non-hydrogen) atoms. The van der Waals surface area contributed by atoms with Crippen LogP contribution in [0.15, 0.2) is 35.4 Å². The number of carbonyl (C=O) groups is 3. The molecule has 1 aromatic rings. The third-order valence-electron chi connectivity index (χ3n) is 3.45. The van der Waals surface area contributed by atoms with Crippen LogP contribution in [0.1, 0.15) is 25.8 Å². The zero-order chi connectivity index (χ0) is 14.9. The molecule has 104 valence electrons. The summed E-state index contributed by atoms with van der Waals surface area (Å²) in [5, 5.41) is 8.76. The van der Waals surface area contributed by atoms with Gasteiger partial charge < -0.3 is 5.11 Å². The van der Waals surface area contributed by atoms with Crippen molar-refractivity contribution in [2.45, 2.75) is 26.7 Å². The van der Waals surface area contributed by atoms with Crippen LogP contribution in [-0.2, 0) is 20.8 Å². The average molecular weight is 273 g/mol. The molecular formula is C15H15NO4. The lowest BCUT2D eigenvalue weighted by Crippen LogP contribution is -2.32. The standard InChI is InChI=1S/C15H15NO4/c1-9-10(2)15(20)16(14(9)19)12-6-4-3-5-11(12)7-8-13(17)18/h3-6H,7-8H2,1-2H3,(H,17,18). The van der Waals surface area contributed by atoms with Crippen molar-refractivity contribution >= 4 is 23.5 Å². The lowest BCUT2D eigenvalue weighted by atomic mass is 10.1. The van der Waals surface area contributed by atoms with Crippen LogP contribution in [0, 0.1) is 0 Å². The van der Waals surface area contributed by atoms with E-state index in [-0.39, 0.29) is 24.7 Å². The summed E-state index contributed by atoms with van der Waals surface area (Å²) in [4.78, 5) is 36.1. The predicted molar refractivity (Wildman–Crippen MR) is 73.3 cm³/mol. The Balaban J connectivity index is 2.37. The van der Waals surface area contributed by atoms with Gasteiger partial charge in [0.05, 0.1) is 5.69 Å². The van der Waals surface area contributed by atoms with Gasteiger partial charge in [-0.2, -0.15) is 0 Å². The SMILES string of the molecule is CC1=C(C)C(=O)N(c2ccccc2CCC(=O)O)C1=O. The molecule has 0 aromatic heterocycles. The molecule has 1 N–H and O–H groups in total. The van der Waals surface area contributed by atoms with Crippen LogP contribution in [0.5, 0.6) is 0 Å². The van der Waals surface area contributed by atoms with Crippen molar-refractivity contribution in [1.29, 1.82) is 0 Å². The van der Waals surface area contributed by atoms with E-state index >= 15 is 0 Å². The summed E-state index contributed by atoms with van der Waals surface area (Å²) in [5.41, 5.74) is 2.02. The minimum Gasteiger partial charge on any atom is -0.481 e. The minimum absolute atomic E-state index is 0.0430. The second kappa shape index (κ2) is 5.28. The fourth-order valence-corrected chi connectivity index (χ4v) is 2.15. The second-order valence-electron chi connectivity index (χ2n) is 4.72. The monoisotopic (exact) mass is 273 g/mol. The van der Waals surface area contributed by atoms with Crippen LogP contribution < -0.4 is 4.90 Å². The Labute approximate surface area is 116 Å². The van der Waals surface area contributed by atoms with E-state index in [9.17, 15) is 14.4 Å². The number of hydrogen-bond acceptors (Lipinski definition) is 3. The number of aliphatic carboxylic acids is 1. The summed E-state index contributed by atoms with van der Waals surface area (Å²) >= 11 is 0. The van der Waals surface area contributed by atoms with Crippen LogP contribution in [-0.4, -0.2) is 22.9 Å². The summed E-state index contributed by atoms with van der Waals surface area (Å²) in [6.07, 6.45) is 0.235. The maximum Gasteiger partial charge on any atom is 0.303 e. The number of benzene rings is 1. The van der Waals surface area contributed by atoms with Gasteiger partial charge in [0.1, 0.15) is 0 Å². The second-order valence-corrected chi connectivity index (χ2v) is 4.72. The molecule has 5 heteroatoms. The Hall–Kier alpha value is -2.43. The molecule has 1 aromatic carbocycles. The first-order chi connectivity index (χ1) is 9.43. The van der Waals surface area contributed by atoms with Crippen LogP contribution in [0.3, 0.4) is 0 Å². The molecule has 0 bridgehead atoms. The number of carboxylic acids is 1. The first kappa shape index (κ1) is 14.0. The summed E-state index contributed by atoms with van der Waals surface area (Å²) in [6, 6.07) is 6.89. The first-order valence-corrected chi connectivity index (χ1v) is 6.29. The first-order valence-electron chi connectivity index (χ1n) is 6.29. The number of aryl methyl sites for hydroxylation is 1. The summed E-state index contributed by atoms with van der Waals surface area (Å²) in [7, 11) is 0. The summed E-state index contributed by atoms with van der Waals surface area (Å²) in [5.74, 6) is -1.59. The lowest BCUT2D eigenvalue weighted by Gasteiger charge is -2.18. The lowest BCUT2D eigenvalue weighted by molar-refractivity contribution is -0.137. The molecule has 1 aliphatic rings. The highest BCUT2D eigenvalue weighted by Gasteiger charge is 2.35. The highest BCUT2D eigenvalue weighted by molar-refractivity contribution is 6.32. The zero-order valence-corrected chi connectivity index (χ0v) is 11.3. The molecule has 1 heterocycles. The molecule has 1 aliphatic heterocycles. The van der Waals surface area contributed by atoms with Crippen molar-refractivity contribution < 1.29 is 19.5 Å². The molecule has 5 nitrogen and oxygen atoms in total. The van der Waals surface area contributed by atoms with Gasteiger partial charge in [-0.05, 0) is 31.9 Å². The van der Waals surface area contributed by atoms with Gasteiger partial charge in [0.15, 0.2) is 0 Å². The molecule has 0 radical (unpaired) electrons. The maximum atomic E-state index is 12.1. The summed E-state index contributed by atoms with van der Waals surface area (Å²) in [6.45, 7) is 3.24. The van der Waals surface area contributed by atoms with E-state index in [1.807, 2.05) is 0 Å². The van der Waals surface area contributed by atoms with Gasteiger partial charge in [0.2, 0.25) is 0 Å². The van der Waals surface area contributed by atoms with Gasteiger partial charge in [-0.3, -0.25) is 14.4 Å². The van der Waals surface area contributed by atoms with Crippen molar-refractivity contribution in [1.82, 2.24) is 0 Å². The molecule has 0 spiro atoms. The Morgan fingerprint density at radius 2 is 1.65 bits per heavy atom. The van der Waals surface area contributed by atoms with Gasteiger partial charge in [-0.1, -0.05) is 18.2 Å². The van der Waals surface area contributed by atoms with Gasteiger partial charge in [-0.25, -0.2) is 4.90 Å². The van der Waals surface area contributed by atoms with E-state index in [0.717, 1.165) is 4.90 Å². The summed E-state index contributed by atoms with van der Waals surface area (Å²) < 4.78 is 0. The van der Waals surface area contributed by atoms with Crippen molar-refractivity contribution in [3.05, 3.63) is 41.0 Å². The number of imide groups is 1. The third-order valence-corrected chi connectivity index (χ3v) is 3.45. The number of para-hydroxylation sites is 1. The minimum atomic E-state index is -0.913. The van der Waals surface area contributed by atoms with E-state index in [0.29, 0.717) is 22.4 Å².